The predicted molar refractivity (Wildman–Crippen MR) is 62.1 cm³/mol. The van der Waals surface area contributed by atoms with Gasteiger partial charge in [-0.1, -0.05) is 13.8 Å². The van der Waals surface area contributed by atoms with Gasteiger partial charge in [-0.05, 0) is 12.8 Å². The van der Waals surface area contributed by atoms with Gasteiger partial charge in [0.05, 0.1) is 0 Å². The van der Waals surface area contributed by atoms with E-state index in [1.807, 2.05) is 0 Å². The highest BCUT2D eigenvalue weighted by molar-refractivity contribution is 6.19. The molecule has 1 saturated heterocycles. The lowest BCUT2D eigenvalue weighted by atomic mass is 9.78. The number of barbiturate groups is 1. The van der Waals surface area contributed by atoms with Crippen LogP contribution >= 0.6 is 0 Å². The van der Waals surface area contributed by atoms with Gasteiger partial charge in [0.15, 0.2) is 0 Å². The fourth-order valence-electron chi connectivity index (χ4n) is 2.03. The molecule has 0 saturated carbocycles. The fourth-order valence-corrected chi connectivity index (χ4v) is 2.03. The topological polar surface area (TPSA) is 110 Å². The fraction of sp³-hybridized carbons (Fsp3) is 0.636. The smallest absolute Gasteiger partial charge is 0.330 e. The Morgan fingerprint density at radius 3 is 2.28 bits per heavy atom. The zero-order valence-corrected chi connectivity index (χ0v) is 10.5. The maximum absolute atomic E-state index is 12.2. The average molecular weight is 255 g/mol. The summed E-state index contributed by atoms with van der Waals surface area (Å²) in [4.78, 5) is 47.2. The molecule has 5 amide bonds. The van der Waals surface area contributed by atoms with E-state index in [1.54, 1.807) is 13.8 Å². The van der Waals surface area contributed by atoms with Crippen LogP contribution in [0.25, 0.3) is 0 Å². The van der Waals surface area contributed by atoms with Crippen molar-refractivity contribution in [2.45, 2.75) is 33.1 Å². The molecule has 0 unspecified atom stereocenters. The molecular weight excluding hydrogens is 238 g/mol. The van der Waals surface area contributed by atoms with E-state index in [0.717, 1.165) is 4.90 Å². The highest BCUT2D eigenvalue weighted by atomic mass is 16.2. The van der Waals surface area contributed by atoms with Gasteiger partial charge in [-0.15, -0.1) is 0 Å². The number of primary amides is 1. The molecule has 0 aromatic carbocycles. The largest absolute Gasteiger partial charge is 0.370 e. The number of carbonyl (C=O) groups excluding carboxylic acids is 4. The summed E-state index contributed by atoms with van der Waals surface area (Å²) in [7, 11) is 0. The minimum Gasteiger partial charge on any atom is -0.370 e. The number of urea groups is 1. The second-order valence-electron chi connectivity index (χ2n) is 4.22. The molecule has 0 aromatic heterocycles. The molecule has 1 aliphatic heterocycles. The first-order valence-electron chi connectivity index (χ1n) is 5.84. The van der Waals surface area contributed by atoms with Gasteiger partial charge in [0.2, 0.25) is 17.7 Å². The van der Waals surface area contributed by atoms with Crippen LogP contribution in [0.4, 0.5) is 4.79 Å². The molecule has 0 spiro atoms. The van der Waals surface area contributed by atoms with E-state index in [-0.39, 0.29) is 13.0 Å². The molecule has 100 valence electrons. The molecule has 1 rings (SSSR count). The molecule has 0 radical (unpaired) electrons. The van der Waals surface area contributed by atoms with Crippen molar-refractivity contribution in [2.24, 2.45) is 11.1 Å². The zero-order valence-electron chi connectivity index (χ0n) is 10.5. The Labute approximate surface area is 105 Å². The van der Waals surface area contributed by atoms with E-state index in [1.165, 1.54) is 0 Å². The van der Waals surface area contributed by atoms with Gasteiger partial charge in [0, 0.05) is 13.0 Å². The molecule has 1 aliphatic rings. The molecule has 0 aromatic rings. The van der Waals surface area contributed by atoms with Crippen LogP contribution < -0.4 is 11.1 Å². The minimum atomic E-state index is -1.22. The molecule has 3 N–H and O–H groups in total. The average Bonchev–Trinajstić information content (AvgIpc) is 2.29. The van der Waals surface area contributed by atoms with Crippen LogP contribution in [0.3, 0.4) is 0 Å². The summed E-state index contributed by atoms with van der Waals surface area (Å²) in [5, 5.41) is 2.15. The van der Waals surface area contributed by atoms with E-state index in [2.05, 4.69) is 5.32 Å². The molecular formula is C11H17N3O4. The second kappa shape index (κ2) is 5.16. The van der Waals surface area contributed by atoms with Crippen LogP contribution in [-0.2, 0) is 14.4 Å². The third kappa shape index (κ3) is 2.20. The van der Waals surface area contributed by atoms with Crippen molar-refractivity contribution in [1.82, 2.24) is 10.2 Å². The van der Waals surface area contributed by atoms with Crippen molar-refractivity contribution in [2.75, 3.05) is 6.54 Å². The second-order valence-corrected chi connectivity index (χ2v) is 4.22. The maximum atomic E-state index is 12.2. The number of amides is 5. The first kappa shape index (κ1) is 14.1. The molecule has 7 heteroatoms. The Balaban J connectivity index is 2.98. The van der Waals surface area contributed by atoms with Crippen LogP contribution in [0, 0.1) is 5.41 Å². The standard InChI is InChI=1S/C11H17N3O4/c1-3-11(4-2)8(16)13-10(18)14(9(11)17)6-5-7(12)15/h3-6H2,1-2H3,(H2,12,15)(H,13,16,18). The van der Waals surface area contributed by atoms with Gasteiger partial charge in [-0.2, -0.15) is 0 Å². The van der Waals surface area contributed by atoms with E-state index in [0.29, 0.717) is 12.8 Å². The van der Waals surface area contributed by atoms with Crippen LogP contribution in [0.15, 0.2) is 0 Å². The highest BCUT2D eigenvalue weighted by Gasteiger charge is 2.51. The van der Waals surface area contributed by atoms with Gasteiger partial charge in [0.25, 0.3) is 0 Å². The highest BCUT2D eigenvalue weighted by Crippen LogP contribution is 2.32. The van der Waals surface area contributed by atoms with Crippen LogP contribution in [0.1, 0.15) is 33.1 Å². The Morgan fingerprint density at radius 1 is 1.28 bits per heavy atom. The lowest BCUT2D eigenvalue weighted by molar-refractivity contribution is -0.152. The zero-order chi connectivity index (χ0) is 13.9. The number of nitrogens with two attached hydrogens (primary N) is 1. The van der Waals surface area contributed by atoms with Crippen LogP contribution in [0.5, 0.6) is 0 Å². The quantitative estimate of drug-likeness (QED) is 0.660. The lowest BCUT2D eigenvalue weighted by Crippen LogP contribution is -2.63. The summed E-state index contributed by atoms with van der Waals surface area (Å²) in [6.45, 7) is 3.32. The summed E-state index contributed by atoms with van der Waals surface area (Å²) in [6, 6.07) is -0.788. The first-order chi connectivity index (χ1) is 8.39. The number of imide groups is 2. The van der Waals surface area contributed by atoms with E-state index >= 15 is 0 Å². The van der Waals surface area contributed by atoms with Crippen molar-refractivity contribution in [3.05, 3.63) is 0 Å². The summed E-state index contributed by atoms with van der Waals surface area (Å²) < 4.78 is 0. The monoisotopic (exact) mass is 255 g/mol. The van der Waals surface area contributed by atoms with Gasteiger partial charge in [-0.25, -0.2) is 4.79 Å². The normalized spacial score (nSPS) is 18.8. The number of nitrogens with one attached hydrogen (secondary N) is 1. The van der Waals surface area contributed by atoms with Crippen molar-refractivity contribution >= 4 is 23.8 Å². The predicted octanol–water partition coefficient (Wildman–Crippen LogP) is -0.253. The van der Waals surface area contributed by atoms with Gasteiger partial charge in [-0.3, -0.25) is 24.6 Å². The number of carbonyl (C=O) groups is 4. The first-order valence-corrected chi connectivity index (χ1v) is 5.84. The van der Waals surface area contributed by atoms with Crippen LogP contribution in [-0.4, -0.2) is 35.2 Å². The Hall–Kier alpha value is -1.92. The molecule has 0 aliphatic carbocycles. The molecule has 0 bridgehead atoms. The summed E-state index contributed by atoms with van der Waals surface area (Å²) >= 11 is 0. The Bertz CT molecular complexity index is 401. The van der Waals surface area contributed by atoms with Crippen molar-refractivity contribution in [1.29, 1.82) is 0 Å². The number of hydrogen-bond acceptors (Lipinski definition) is 4. The van der Waals surface area contributed by atoms with Gasteiger partial charge < -0.3 is 5.73 Å². The maximum Gasteiger partial charge on any atom is 0.330 e. The van der Waals surface area contributed by atoms with Gasteiger partial charge >= 0.3 is 6.03 Å². The molecule has 7 nitrogen and oxygen atoms in total. The Kier molecular flexibility index (Phi) is 4.05. The molecule has 18 heavy (non-hydrogen) atoms. The lowest BCUT2D eigenvalue weighted by Gasteiger charge is -2.38. The van der Waals surface area contributed by atoms with Crippen LogP contribution in [0.2, 0.25) is 0 Å². The minimum absolute atomic E-state index is 0.102. The SMILES string of the molecule is CCC1(CC)C(=O)NC(=O)N(CCC(N)=O)C1=O. The summed E-state index contributed by atoms with van der Waals surface area (Å²) in [6.07, 6.45) is 0.486. The molecule has 0 atom stereocenters. The third-order valence-corrected chi connectivity index (χ3v) is 3.34. The number of hydrogen-bond donors (Lipinski definition) is 2. The van der Waals surface area contributed by atoms with E-state index < -0.39 is 29.2 Å². The van der Waals surface area contributed by atoms with Gasteiger partial charge in [0.1, 0.15) is 5.41 Å². The van der Waals surface area contributed by atoms with Crippen molar-refractivity contribution in [3.8, 4) is 0 Å². The summed E-state index contributed by atoms with van der Waals surface area (Å²) in [5.41, 5.74) is 3.77. The van der Waals surface area contributed by atoms with Crippen molar-refractivity contribution in [3.63, 3.8) is 0 Å². The van der Waals surface area contributed by atoms with E-state index in [9.17, 15) is 19.2 Å². The van der Waals surface area contributed by atoms with Crippen molar-refractivity contribution < 1.29 is 19.2 Å². The summed E-state index contributed by atoms with van der Waals surface area (Å²) in [5.74, 6) is -1.73. The third-order valence-electron chi connectivity index (χ3n) is 3.34. The molecule has 1 fully saturated rings. The number of rotatable bonds is 5. The van der Waals surface area contributed by atoms with E-state index in [4.69, 9.17) is 5.73 Å². The number of nitrogens with zero attached hydrogens (tertiary/aromatic N) is 1. The molecule has 1 heterocycles. The Morgan fingerprint density at radius 2 is 1.83 bits per heavy atom.